The van der Waals surface area contributed by atoms with Gasteiger partial charge in [0.05, 0.1) is 11.7 Å². The number of aromatic nitrogens is 1. The number of hydrogen-bond acceptors (Lipinski definition) is 2. The van der Waals surface area contributed by atoms with Gasteiger partial charge in [0.1, 0.15) is 0 Å². The van der Waals surface area contributed by atoms with E-state index in [2.05, 4.69) is 10.3 Å². The van der Waals surface area contributed by atoms with Crippen molar-refractivity contribution in [2.75, 3.05) is 0 Å². The standard InChI is InChI=1S/C15H13ClN2O/c16-12-3-1-2-10(8-12)13-5-4-11(9-17-13)14-6-7-15(19)18-14/h1-5,8-9,14H,6-7H2,(H,18,19). The first kappa shape index (κ1) is 12.2. The second-order valence-corrected chi connectivity index (χ2v) is 5.08. The van der Waals surface area contributed by atoms with Crippen molar-refractivity contribution in [2.45, 2.75) is 18.9 Å². The van der Waals surface area contributed by atoms with E-state index in [0.29, 0.717) is 11.4 Å². The van der Waals surface area contributed by atoms with Crippen molar-refractivity contribution < 1.29 is 4.79 Å². The van der Waals surface area contributed by atoms with Crippen LogP contribution in [0.2, 0.25) is 5.02 Å². The van der Waals surface area contributed by atoms with Crippen molar-refractivity contribution in [2.24, 2.45) is 0 Å². The second kappa shape index (κ2) is 5.02. The molecule has 1 aliphatic heterocycles. The van der Waals surface area contributed by atoms with Gasteiger partial charge in [-0.3, -0.25) is 9.78 Å². The van der Waals surface area contributed by atoms with Gasteiger partial charge in [0.15, 0.2) is 0 Å². The van der Waals surface area contributed by atoms with Crippen LogP contribution in [-0.4, -0.2) is 10.9 Å². The summed E-state index contributed by atoms with van der Waals surface area (Å²) >= 11 is 5.97. The van der Waals surface area contributed by atoms with E-state index < -0.39 is 0 Å². The highest BCUT2D eigenvalue weighted by molar-refractivity contribution is 6.30. The Hall–Kier alpha value is -1.87. The minimum absolute atomic E-state index is 0.105. The average Bonchev–Trinajstić information content (AvgIpc) is 2.86. The van der Waals surface area contributed by atoms with Crippen molar-refractivity contribution in [1.29, 1.82) is 0 Å². The lowest BCUT2D eigenvalue weighted by Gasteiger charge is -2.10. The molecule has 0 spiro atoms. The summed E-state index contributed by atoms with van der Waals surface area (Å²) < 4.78 is 0. The van der Waals surface area contributed by atoms with Crippen LogP contribution in [0.5, 0.6) is 0 Å². The minimum atomic E-state index is 0.105. The third kappa shape index (κ3) is 2.61. The van der Waals surface area contributed by atoms with Gasteiger partial charge < -0.3 is 5.32 Å². The number of benzene rings is 1. The third-order valence-electron chi connectivity index (χ3n) is 3.30. The highest BCUT2D eigenvalue weighted by Crippen LogP contribution is 2.26. The predicted molar refractivity (Wildman–Crippen MR) is 74.8 cm³/mol. The molecule has 1 atom stereocenters. The molecule has 1 aromatic heterocycles. The molecule has 0 aliphatic carbocycles. The Balaban J connectivity index is 1.85. The summed E-state index contributed by atoms with van der Waals surface area (Å²) in [5, 5.41) is 3.64. The summed E-state index contributed by atoms with van der Waals surface area (Å²) in [6.45, 7) is 0. The molecule has 1 unspecified atom stereocenters. The van der Waals surface area contributed by atoms with Gasteiger partial charge in [0, 0.05) is 23.2 Å². The van der Waals surface area contributed by atoms with E-state index in [1.54, 1.807) is 0 Å². The first-order chi connectivity index (χ1) is 9.22. The molecule has 19 heavy (non-hydrogen) atoms. The minimum Gasteiger partial charge on any atom is -0.349 e. The molecule has 2 heterocycles. The fourth-order valence-electron chi connectivity index (χ4n) is 2.29. The van der Waals surface area contributed by atoms with Gasteiger partial charge in [-0.25, -0.2) is 0 Å². The maximum Gasteiger partial charge on any atom is 0.220 e. The molecule has 1 N–H and O–H groups in total. The van der Waals surface area contributed by atoms with Crippen LogP contribution in [-0.2, 0) is 4.79 Å². The molecule has 0 radical (unpaired) electrons. The van der Waals surface area contributed by atoms with Crippen LogP contribution >= 0.6 is 11.6 Å². The van der Waals surface area contributed by atoms with Crippen molar-refractivity contribution in [1.82, 2.24) is 10.3 Å². The monoisotopic (exact) mass is 272 g/mol. The second-order valence-electron chi connectivity index (χ2n) is 4.65. The van der Waals surface area contributed by atoms with Crippen LogP contribution in [0.4, 0.5) is 0 Å². The van der Waals surface area contributed by atoms with Gasteiger partial charge in [0.2, 0.25) is 5.91 Å². The van der Waals surface area contributed by atoms with Gasteiger partial charge in [-0.05, 0) is 30.2 Å². The van der Waals surface area contributed by atoms with Crippen molar-refractivity contribution >= 4 is 17.5 Å². The van der Waals surface area contributed by atoms with E-state index in [0.717, 1.165) is 23.2 Å². The first-order valence-corrected chi connectivity index (χ1v) is 6.61. The summed E-state index contributed by atoms with van der Waals surface area (Å²) in [6, 6.07) is 11.7. The first-order valence-electron chi connectivity index (χ1n) is 6.23. The van der Waals surface area contributed by atoms with E-state index in [9.17, 15) is 4.79 Å². The zero-order valence-corrected chi connectivity index (χ0v) is 11.0. The Labute approximate surface area is 116 Å². The number of pyridine rings is 1. The highest BCUT2D eigenvalue weighted by atomic mass is 35.5. The van der Waals surface area contributed by atoms with E-state index in [1.807, 2.05) is 42.6 Å². The molecule has 1 amide bonds. The van der Waals surface area contributed by atoms with Gasteiger partial charge in [-0.15, -0.1) is 0 Å². The van der Waals surface area contributed by atoms with E-state index >= 15 is 0 Å². The van der Waals surface area contributed by atoms with E-state index in [1.165, 1.54) is 0 Å². The summed E-state index contributed by atoms with van der Waals surface area (Å²) in [5.41, 5.74) is 2.93. The Morgan fingerprint density at radius 3 is 2.79 bits per heavy atom. The number of hydrogen-bond donors (Lipinski definition) is 1. The zero-order chi connectivity index (χ0) is 13.2. The number of amides is 1. The number of carbonyl (C=O) groups is 1. The topological polar surface area (TPSA) is 42.0 Å². The number of carbonyl (C=O) groups excluding carboxylic acids is 1. The number of rotatable bonds is 2. The van der Waals surface area contributed by atoms with Crippen LogP contribution < -0.4 is 5.32 Å². The SMILES string of the molecule is O=C1CCC(c2ccc(-c3cccc(Cl)c3)nc2)N1. The Morgan fingerprint density at radius 2 is 2.16 bits per heavy atom. The molecule has 1 fully saturated rings. The fourth-order valence-corrected chi connectivity index (χ4v) is 2.48. The molecular formula is C15H13ClN2O. The van der Waals surface area contributed by atoms with Gasteiger partial charge >= 0.3 is 0 Å². The Kier molecular flexibility index (Phi) is 3.22. The third-order valence-corrected chi connectivity index (χ3v) is 3.54. The average molecular weight is 273 g/mol. The summed E-state index contributed by atoms with van der Waals surface area (Å²) in [4.78, 5) is 15.7. The van der Waals surface area contributed by atoms with Crippen molar-refractivity contribution in [3.05, 3.63) is 53.2 Å². The number of halogens is 1. The lowest BCUT2D eigenvalue weighted by molar-refractivity contribution is -0.119. The number of nitrogens with one attached hydrogen (secondary N) is 1. The number of nitrogens with zero attached hydrogens (tertiary/aromatic N) is 1. The molecule has 0 saturated carbocycles. The lowest BCUT2D eigenvalue weighted by Crippen LogP contribution is -2.18. The van der Waals surface area contributed by atoms with E-state index in [4.69, 9.17) is 11.6 Å². The maximum atomic E-state index is 11.2. The Bertz CT molecular complexity index is 610. The van der Waals surface area contributed by atoms with Gasteiger partial charge in [0.25, 0.3) is 0 Å². The molecule has 0 bridgehead atoms. The molecule has 1 saturated heterocycles. The normalized spacial score (nSPS) is 18.4. The quantitative estimate of drug-likeness (QED) is 0.911. The molecule has 3 rings (SSSR count). The van der Waals surface area contributed by atoms with Crippen LogP contribution in [0.3, 0.4) is 0 Å². The smallest absolute Gasteiger partial charge is 0.220 e. The highest BCUT2D eigenvalue weighted by Gasteiger charge is 2.22. The molecular weight excluding hydrogens is 260 g/mol. The van der Waals surface area contributed by atoms with Crippen LogP contribution in [0.25, 0.3) is 11.3 Å². The molecule has 4 heteroatoms. The van der Waals surface area contributed by atoms with Crippen molar-refractivity contribution in [3.63, 3.8) is 0 Å². The molecule has 3 nitrogen and oxygen atoms in total. The van der Waals surface area contributed by atoms with E-state index in [-0.39, 0.29) is 11.9 Å². The lowest BCUT2D eigenvalue weighted by atomic mass is 10.1. The van der Waals surface area contributed by atoms with Crippen molar-refractivity contribution in [3.8, 4) is 11.3 Å². The van der Waals surface area contributed by atoms with Gasteiger partial charge in [-0.1, -0.05) is 29.8 Å². The summed E-state index contributed by atoms with van der Waals surface area (Å²) in [5.74, 6) is 0.115. The Morgan fingerprint density at radius 1 is 1.26 bits per heavy atom. The van der Waals surface area contributed by atoms with Crippen LogP contribution in [0, 0.1) is 0 Å². The summed E-state index contributed by atoms with van der Waals surface area (Å²) in [7, 11) is 0. The largest absolute Gasteiger partial charge is 0.349 e. The zero-order valence-electron chi connectivity index (χ0n) is 10.3. The van der Waals surface area contributed by atoms with Crippen LogP contribution in [0.15, 0.2) is 42.6 Å². The molecule has 1 aliphatic rings. The molecule has 2 aromatic rings. The predicted octanol–water partition coefficient (Wildman–Crippen LogP) is 3.35. The molecule has 1 aromatic carbocycles. The van der Waals surface area contributed by atoms with Crippen LogP contribution in [0.1, 0.15) is 24.4 Å². The maximum absolute atomic E-state index is 11.2. The summed E-state index contributed by atoms with van der Waals surface area (Å²) in [6.07, 6.45) is 3.27. The molecule has 96 valence electrons. The fraction of sp³-hybridized carbons (Fsp3) is 0.200. The van der Waals surface area contributed by atoms with Gasteiger partial charge in [-0.2, -0.15) is 0 Å².